The number of hydrogen-bond donors (Lipinski definition) is 2. The van der Waals surface area contributed by atoms with Crippen molar-refractivity contribution in [2.45, 2.75) is 38.6 Å². The molecule has 1 aliphatic heterocycles. The highest BCUT2D eigenvalue weighted by Crippen LogP contribution is 2.31. The number of anilines is 1. The second kappa shape index (κ2) is 4.92. The normalized spacial score (nSPS) is 23.6. The number of urea groups is 1. The summed E-state index contributed by atoms with van der Waals surface area (Å²) >= 11 is 0. The molecule has 1 aromatic rings. The van der Waals surface area contributed by atoms with Crippen LogP contribution in [0.1, 0.15) is 26.5 Å². The molecule has 2 atom stereocenters. The van der Waals surface area contributed by atoms with Gasteiger partial charge in [0.2, 0.25) is 5.88 Å². The third-order valence-corrected chi connectivity index (χ3v) is 3.13. The second-order valence-electron chi connectivity index (χ2n) is 5.72. The molecule has 0 radical (unpaired) electrons. The van der Waals surface area contributed by atoms with Crippen LogP contribution in [0.2, 0.25) is 0 Å². The van der Waals surface area contributed by atoms with Crippen molar-refractivity contribution in [3.63, 3.8) is 0 Å². The molecule has 2 unspecified atom stereocenters. The molecule has 2 N–H and O–H groups in total. The third-order valence-electron chi connectivity index (χ3n) is 3.13. The molecule has 1 fully saturated rings. The molecule has 1 saturated heterocycles. The van der Waals surface area contributed by atoms with Crippen LogP contribution in [0.25, 0.3) is 0 Å². The molecular formula is C13H19N3O4. The summed E-state index contributed by atoms with van der Waals surface area (Å²) < 4.78 is 5.12. The van der Waals surface area contributed by atoms with Crippen molar-refractivity contribution >= 4 is 11.9 Å². The van der Waals surface area contributed by atoms with E-state index < -0.39 is 18.5 Å². The first kappa shape index (κ1) is 14.5. The van der Waals surface area contributed by atoms with Crippen LogP contribution in [0.15, 0.2) is 23.2 Å². The van der Waals surface area contributed by atoms with Crippen molar-refractivity contribution in [1.82, 2.24) is 10.1 Å². The summed E-state index contributed by atoms with van der Waals surface area (Å²) in [6, 6.07) is 1.03. The van der Waals surface area contributed by atoms with Gasteiger partial charge in [-0.25, -0.2) is 9.69 Å². The van der Waals surface area contributed by atoms with E-state index in [0.29, 0.717) is 5.69 Å². The highest BCUT2D eigenvalue weighted by molar-refractivity contribution is 5.93. The fourth-order valence-corrected chi connectivity index (χ4v) is 1.94. The Morgan fingerprint density at radius 1 is 1.45 bits per heavy atom. The Kier molecular flexibility index (Phi) is 3.58. The van der Waals surface area contributed by atoms with Gasteiger partial charge in [-0.3, -0.25) is 4.90 Å². The lowest BCUT2D eigenvalue weighted by atomic mass is 9.92. The topological polar surface area (TPSA) is 90.0 Å². The monoisotopic (exact) mass is 281 g/mol. The first-order chi connectivity index (χ1) is 9.27. The molecule has 1 aliphatic rings. The molecule has 7 nitrogen and oxygen atoms in total. The van der Waals surface area contributed by atoms with Gasteiger partial charge in [0.15, 0.2) is 12.5 Å². The standard InChI is InChI=1S/C13H19N3O4/c1-5-6-15-10(17)11(18)16(12(15)19)9-7-8(14-20-9)13(2,3)4/h5,7,10-11,17-18H,1,6H2,2-4H3. The fourth-order valence-electron chi connectivity index (χ4n) is 1.94. The number of nitrogens with zero attached hydrogens (tertiary/aromatic N) is 3. The summed E-state index contributed by atoms with van der Waals surface area (Å²) in [5, 5.41) is 23.7. The number of carbonyl (C=O) groups is 1. The van der Waals surface area contributed by atoms with Gasteiger partial charge in [-0.05, 0) is 0 Å². The summed E-state index contributed by atoms with van der Waals surface area (Å²) in [4.78, 5) is 14.2. The predicted molar refractivity (Wildman–Crippen MR) is 72.0 cm³/mol. The molecule has 0 aliphatic carbocycles. The van der Waals surface area contributed by atoms with Gasteiger partial charge in [-0.2, -0.15) is 0 Å². The van der Waals surface area contributed by atoms with Crippen molar-refractivity contribution in [2.75, 3.05) is 11.4 Å². The van der Waals surface area contributed by atoms with Crippen LogP contribution >= 0.6 is 0 Å². The number of carbonyl (C=O) groups excluding carboxylic acids is 1. The van der Waals surface area contributed by atoms with Gasteiger partial charge in [0.25, 0.3) is 0 Å². The molecule has 0 bridgehead atoms. The molecule has 2 amide bonds. The van der Waals surface area contributed by atoms with Crippen molar-refractivity contribution in [3.05, 3.63) is 24.4 Å². The number of aromatic nitrogens is 1. The Morgan fingerprint density at radius 3 is 2.60 bits per heavy atom. The molecule has 1 aromatic heterocycles. The molecule has 0 saturated carbocycles. The van der Waals surface area contributed by atoms with E-state index >= 15 is 0 Å². The lowest BCUT2D eigenvalue weighted by Crippen LogP contribution is -2.36. The quantitative estimate of drug-likeness (QED) is 0.808. The van der Waals surface area contributed by atoms with Gasteiger partial charge in [0.05, 0.1) is 5.69 Å². The minimum absolute atomic E-state index is 0.109. The Bertz CT molecular complexity index is 520. The van der Waals surface area contributed by atoms with Crippen molar-refractivity contribution in [2.24, 2.45) is 0 Å². The van der Waals surface area contributed by atoms with Gasteiger partial charge in [0.1, 0.15) is 0 Å². The molecule has 20 heavy (non-hydrogen) atoms. The lowest BCUT2D eigenvalue weighted by Gasteiger charge is -2.16. The van der Waals surface area contributed by atoms with E-state index in [0.717, 1.165) is 9.80 Å². The Labute approximate surface area is 117 Å². The summed E-state index contributed by atoms with van der Waals surface area (Å²) in [5.41, 5.74) is 0.415. The van der Waals surface area contributed by atoms with Crippen LogP contribution in [0, 0.1) is 0 Å². The smallest absolute Gasteiger partial charge is 0.331 e. The zero-order valence-electron chi connectivity index (χ0n) is 11.8. The van der Waals surface area contributed by atoms with E-state index in [1.807, 2.05) is 20.8 Å². The van der Waals surface area contributed by atoms with E-state index in [4.69, 9.17) is 4.52 Å². The largest absolute Gasteiger partial charge is 0.369 e. The summed E-state index contributed by atoms with van der Waals surface area (Å²) in [5.74, 6) is 0.109. The minimum atomic E-state index is -1.40. The first-order valence-electron chi connectivity index (χ1n) is 6.31. The average molecular weight is 281 g/mol. The van der Waals surface area contributed by atoms with Crippen molar-refractivity contribution in [3.8, 4) is 0 Å². The maximum atomic E-state index is 12.2. The lowest BCUT2D eigenvalue weighted by molar-refractivity contribution is -0.0242. The van der Waals surface area contributed by atoms with Gasteiger partial charge in [0, 0.05) is 18.0 Å². The van der Waals surface area contributed by atoms with E-state index in [1.54, 1.807) is 6.07 Å². The molecule has 110 valence electrons. The summed E-state index contributed by atoms with van der Waals surface area (Å²) in [6.07, 6.45) is -1.26. The van der Waals surface area contributed by atoms with Gasteiger partial charge >= 0.3 is 6.03 Å². The van der Waals surface area contributed by atoms with E-state index in [1.165, 1.54) is 6.08 Å². The number of hydrogen-bond acceptors (Lipinski definition) is 5. The maximum absolute atomic E-state index is 12.2. The minimum Gasteiger partial charge on any atom is -0.369 e. The average Bonchev–Trinajstić information content (AvgIpc) is 2.90. The molecule has 7 heteroatoms. The maximum Gasteiger partial charge on any atom is 0.331 e. The van der Waals surface area contributed by atoms with Crippen LogP contribution in [-0.4, -0.2) is 45.3 Å². The number of aliphatic hydroxyl groups excluding tert-OH is 2. The highest BCUT2D eigenvalue weighted by Gasteiger charge is 2.46. The second-order valence-corrected chi connectivity index (χ2v) is 5.72. The highest BCUT2D eigenvalue weighted by atomic mass is 16.5. The van der Waals surface area contributed by atoms with Crippen LogP contribution < -0.4 is 4.90 Å². The van der Waals surface area contributed by atoms with Crippen LogP contribution in [0.3, 0.4) is 0 Å². The fraction of sp³-hybridized carbons (Fsp3) is 0.538. The number of rotatable bonds is 3. The van der Waals surface area contributed by atoms with Crippen molar-refractivity contribution in [1.29, 1.82) is 0 Å². The van der Waals surface area contributed by atoms with Gasteiger partial charge in [-0.15, -0.1) is 6.58 Å². The summed E-state index contributed by atoms with van der Waals surface area (Å²) in [7, 11) is 0. The first-order valence-corrected chi connectivity index (χ1v) is 6.31. The predicted octanol–water partition coefficient (Wildman–Crippen LogP) is 1.04. The zero-order chi connectivity index (χ0) is 15.1. The molecule has 0 aromatic carbocycles. The summed E-state index contributed by atoms with van der Waals surface area (Å²) in [6.45, 7) is 9.51. The third kappa shape index (κ3) is 2.30. The number of aliphatic hydroxyl groups is 2. The van der Waals surface area contributed by atoms with Crippen LogP contribution in [0.4, 0.5) is 10.7 Å². The molecular weight excluding hydrogens is 262 g/mol. The SMILES string of the molecule is C=CCN1C(=O)N(c2cc(C(C)(C)C)no2)C(O)C1O. The van der Waals surface area contributed by atoms with E-state index in [-0.39, 0.29) is 17.8 Å². The van der Waals surface area contributed by atoms with Gasteiger partial charge in [-0.1, -0.05) is 32.0 Å². The Morgan fingerprint density at radius 2 is 2.10 bits per heavy atom. The zero-order valence-corrected chi connectivity index (χ0v) is 11.8. The van der Waals surface area contributed by atoms with Crippen LogP contribution in [0.5, 0.6) is 0 Å². The Balaban J connectivity index is 2.31. The van der Waals surface area contributed by atoms with E-state index in [9.17, 15) is 15.0 Å². The van der Waals surface area contributed by atoms with Crippen LogP contribution in [-0.2, 0) is 5.41 Å². The molecule has 0 spiro atoms. The van der Waals surface area contributed by atoms with E-state index in [2.05, 4.69) is 11.7 Å². The number of amides is 2. The Hall–Kier alpha value is -1.86. The van der Waals surface area contributed by atoms with Crippen molar-refractivity contribution < 1.29 is 19.5 Å². The molecule has 2 heterocycles. The molecule has 2 rings (SSSR count). The van der Waals surface area contributed by atoms with Gasteiger partial charge < -0.3 is 14.7 Å².